The van der Waals surface area contributed by atoms with Crippen LogP contribution in [0.3, 0.4) is 0 Å². The molecule has 0 aromatic heterocycles. The Hall–Kier alpha value is 0.260. The molecule has 0 radical (unpaired) electrons. The van der Waals surface area contributed by atoms with Gasteiger partial charge in [-0.15, -0.1) is 0 Å². The average Bonchev–Trinajstić information content (AvgIpc) is 2.35. The van der Waals surface area contributed by atoms with Crippen molar-refractivity contribution in [3.05, 3.63) is 0 Å². The van der Waals surface area contributed by atoms with Gasteiger partial charge in [0.2, 0.25) is 0 Å². The van der Waals surface area contributed by atoms with Crippen LogP contribution >= 0.6 is 0 Å². The number of unbranched alkanes of at least 4 members (excludes halogenated alkanes) is 6. The van der Waals surface area contributed by atoms with Gasteiger partial charge in [-0.1, -0.05) is 0 Å². The molecule has 0 bridgehead atoms. The van der Waals surface area contributed by atoms with Crippen molar-refractivity contribution >= 4 is 26.9 Å². The maximum absolute atomic E-state index is 10.9. The first kappa shape index (κ1) is 17.3. The molecular formula is C14H28O2Te. The van der Waals surface area contributed by atoms with E-state index in [0.29, 0.717) is 27.3 Å². The first-order valence-electron chi connectivity index (χ1n) is 6.95. The van der Waals surface area contributed by atoms with Gasteiger partial charge in [-0.2, -0.15) is 0 Å². The Bertz CT molecular complexity index is 172. The minimum absolute atomic E-state index is 0.0605. The number of esters is 1. The van der Waals surface area contributed by atoms with Gasteiger partial charge >= 0.3 is 117 Å². The summed E-state index contributed by atoms with van der Waals surface area (Å²) in [6, 6.07) is 0. The molecule has 0 spiro atoms. The van der Waals surface area contributed by atoms with Crippen LogP contribution < -0.4 is 0 Å². The number of carbonyl (C=O) groups is 1. The van der Waals surface area contributed by atoms with Crippen LogP contribution in [0, 0.1) is 0 Å². The zero-order valence-electron chi connectivity index (χ0n) is 11.5. The fourth-order valence-electron chi connectivity index (χ4n) is 1.66. The summed E-state index contributed by atoms with van der Waals surface area (Å²) in [4.78, 5) is 10.9. The van der Waals surface area contributed by atoms with Crippen molar-refractivity contribution < 1.29 is 9.53 Å². The Balaban J connectivity index is 2.96. The summed E-state index contributed by atoms with van der Waals surface area (Å²) in [5, 5.41) is 0. The molecule has 0 heterocycles. The first-order valence-corrected chi connectivity index (χ1v) is 10.3. The van der Waals surface area contributed by atoms with Crippen LogP contribution in [-0.4, -0.2) is 34.0 Å². The standard InChI is InChI=1S/C14H28O2Te/c1-3-4-5-9-12-17-13-10-7-6-8-11-14(15)16-2/h3-13H2,1-2H3. The van der Waals surface area contributed by atoms with Gasteiger partial charge < -0.3 is 0 Å². The van der Waals surface area contributed by atoms with Crippen molar-refractivity contribution in [1.29, 1.82) is 0 Å². The van der Waals surface area contributed by atoms with E-state index < -0.39 is 0 Å². The van der Waals surface area contributed by atoms with E-state index in [9.17, 15) is 4.79 Å². The summed E-state index contributed by atoms with van der Waals surface area (Å²) < 4.78 is 7.64. The van der Waals surface area contributed by atoms with Gasteiger partial charge in [0.15, 0.2) is 0 Å². The van der Waals surface area contributed by atoms with E-state index in [4.69, 9.17) is 0 Å². The Kier molecular flexibility index (Phi) is 14.5. The molecule has 0 amide bonds. The summed E-state index contributed by atoms with van der Waals surface area (Å²) in [5.74, 6) is -0.0605. The van der Waals surface area contributed by atoms with Crippen LogP contribution in [0.4, 0.5) is 0 Å². The summed E-state index contributed by atoms with van der Waals surface area (Å²) in [5.41, 5.74) is 0. The molecule has 0 rings (SSSR count). The molecule has 0 saturated heterocycles. The van der Waals surface area contributed by atoms with E-state index in [0.717, 1.165) is 6.42 Å². The van der Waals surface area contributed by atoms with Crippen LogP contribution in [-0.2, 0) is 9.53 Å². The van der Waals surface area contributed by atoms with Gasteiger partial charge in [-0.25, -0.2) is 0 Å². The fourth-order valence-corrected chi connectivity index (χ4v) is 4.57. The molecule has 0 aromatic carbocycles. The van der Waals surface area contributed by atoms with E-state index in [1.54, 1.807) is 0 Å². The van der Waals surface area contributed by atoms with Gasteiger partial charge in [0.25, 0.3) is 0 Å². The summed E-state index contributed by atoms with van der Waals surface area (Å²) >= 11 is 0.311. The molecular weight excluding hydrogens is 328 g/mol. The summed E-state index contributed by atoms with van der Waals surface area (Å²) in [7, 11) is 1.46. The molecule has 0 fully saturated rings. The number of methoxy groups -OCH3 is 1. The zero-order chi connectivity index (χ0) is 12.8. The molecule has 2 nitrogen and oxygen atoms in total. The van der Waals surface area contributed by atoms with Crippen molar-refractivity contribution in [3.63, 3.8) is 0 Å². The van der Waals surface area contributed by atoms with E-state index >= 15 is 0 Å². The van der Waals surface area contributed by atoms with E-state index in [1.165, 1.54) is 61.0 Å². The Morgan fingerprint density at radius 1 is 0.941 bits per heavy atom. The third-order valence-electron chi connectivity index (χ3n) is 2.79. The third kappa shape index (κ3) is 14.2. The molecule has 0 aliphatic heterocycles. The van der Waals surface area contributed by atoms with Gasteiger partial charge in [-0.3, -0.25) is 0 Å². The van der Waals surface area contributed by atoms with Crippen LogP contribution in [0.25, 0.3) is 0 Å². The number of ether oxygens (including phenoxy) is 1. The monoisotopic (exact) mass is 358 g/mol. The molecule has 3 heteroatoms. The first-order chi connectivity index (χ1) is 8.31. The number of rotatable bonds is 12. The van der Waals surface area contributed by atoms with Crippen LogP contribution in [0.5, 0.6) is 0 Å². The Morgan fingerprint density at radius 2 is 1.53 bits per heavy atom. The molecule has 0 aliphatic carbocycles. The number of carbonyl (C=O) groups excluding carboxylic acids is 1. The second kappa shape index (κ2) is 14.3. The third-order valence-corrected chi connectivity index (χ3v) is 6.09. The van der Waals surface area contributed by atoms with Crippen molar-refractivity contribution in [2.24, 2.45) is 0 Å². The van der Waals surface area contributed by atoms with Crippen molar-refractivity contribution in [1.82, 2.24) is 0 Å². The van der Waals surface area contributed by atoms with Crippen molar-refractivity contribution in [3.8, 4) is 0 Å². The van der Waals surface area contributed by atoms with Gasteiger partial charge in [0, 0.05) is 0 Å². The van der Waals surface area contributed by atoms with Gasteiger partial charge in [0.05, 0.1) is 0 Å². The maximum atomic E-state index is 10.9. The molecule has 102 valence electrons. The molecule has 17 heavy (non-hydrogen) atoms. The molecule has 0 saturated carbocycles. The topological polar surface area (TPSA) is 26.3 Å². The summed E-state index contributed by atoms with van der Waals surface area (Å²) in [6.45, 7) is 2.27. The van der Waals surface area contributed by atoms with E-state index in [2.05, 4.69) is 11.7 Å². The van der Waals surface area contributed by atoms with E-state index in [1.807, 2.05) is 0 Å². The zero-order valence-corrected chi connectivity index (χ0v) is 13.8. The molecule has 0 atom stereocenters. The Morgan fingerprint density at radius 3 is 2.12 bits per heavy atom. The van der Waals surface area contributed by atoms with Gasteiger partial charge in [0.1, 0.15) is 0 Å². The summed E-state index contributed by atoms with van der Waals surface area (Å²) in [6.07, 6.45) is 11.2. The molecule has 0 N–H and O–H groups in total. The number of hydrogen-bond acceptors (Lipinski definition) is 2. The second-order valence-corrected chi connectivity index (χ2v) is 7.91. The minimum atomic E-state index is -0.0605. The Labute approximate surface area is 117 Å². The quantitative estimate of drug-likeness (QED) is 0.297. The van der Waals surface area contributed by atoms with Crippen molar-refractivity contribution in [2.45, 2.75) is 73.6 Å². The predicted octanol–water partition coefficient (Wildman–Crippen LogP) is 4.23. The van der Waals surface area contributed by atoms with E-state index in [-0.39, 0.29) is 5.97 Å². The average molecular weight is 356 g/mol. The predicted molar refractivity (Wildman–Crippen MR) is 74.6 cm³/mol. The number of hydrogen-bond donors (Lipinski definition) is 0. The van der Waals surface area contributed by atoms with Crippen molar-refractivity contribution in [2.75, 3.05) is 7.11 Å². The SMILES string of the molecule is CCCCCC[Te]CCCCCCC(=O)OC. The fraction of sp³-hybridized carbons (Fsp3) is 0.929. The second-order valence-electron chi connectivity index (χ2n) is 4.41. The molecule has 0 aliphatic rings. The van der Waals surface area contributed by atoms with Crippen LogP contribution in [0.15, 0.2) is 0 Å². The van der Waals surface area contributed by atoms with Crippen LogP contribution in [0.2, 0.25) is 8.94 Å². The normalized spacial score (nSPS) is 10.5. The molecule has 0 unspecified atom stereocenters. The van der Waals surface area contributed by atoms with Gasteiger partial charge in [-0.05, 0) is 0 Å². The molecule has 0 aromatic rings. The van der Waals surface area contributed by atoms with Crippen LogP contribution in [0.1, 0.15) is 64.7 Å².